The predicted molar refractivity (Wildman–Crippen MR) is 82.8 cm³/mol. The first kappa shape index (κ1) is 15.0. The van der Waals surface area contributed by atoms with Gasteiger partial charge in [-0.05, 0) is 28.5 Å². The smallest absolute Gasteiger partial charge is 0.293 e. The Morgan fingerprint density at radius 1 is 1.43 bits per heavy atom. The van der Waals surface area contributed by atoms with Crippen molar-refractivity contribution < 1.29 is 9.72 Å². The van der Waals surface area contributed by atoms with E-state index >= 15 is 0 Å². The molecule has 1 aromatic heterocycles. The van der Waals surface area contributed by atoms with Gasteiger partial charge in [-0.2, -0.15) is 11.3 Å². The highest BCUT2D eigenvalue weighted by molar-refractivity contribution is 7.07. The monoisotopic (exact) mass is 305 g/mol. The topological polar surface area (TPSA) is 75.5 Å². The van der Waals surface area contributed by atoms with Gasteiger partial charge in [0.2, 0.25) is 0 Å². The van der Waals surface area contributed by atoms with Crippen molar-refractivity contribution in [1.29, 1.82) is 0 Å². The van der Waals surface area contributed by atoms with E-state index in [-0.39, 0.29) is 17.3 Å². The van der Waals surface area contributed by atoms with Crippen molar-refractivity contribution in [3.8, 4) is 0 Å². The largest absolute Gasteiger partial charge is 0.382 e. The molecule has 0 aliphatic carbocycles. The maximum absolute atomic E-state index is 12.5. The predicted octanol–water partition coefficient (Wildman–Crippen LogP) is 2.97. The number of hydrogen-bond donors (Lipinski definition) is 1. The van der Waals surface area contributed by atoms with Crippen LogP contribution in [-0.4, -0.2) is 29.8 Å². The van der Waals surface area contributed by atoms with Crippen LogP contribution in [0.3, 0.4) is 0 Å². The van der Waals surface area contributed by atoms with Gasteiger partial charge in [-0.15, -0.1) is 0 Å². The molecule has 0 saturated carbocycles. The van der Waals surface area contributed by atoms with Crippen LogP contribution in [0.15, 0.2) is 35.0 Å². The lowest BCUT2D eigenvalue weighted by atomic mass is 10.1. The van der Waals surface area contributed by atoms with Crippen molar-refractivity contribution in [2.45, 2.75) is 6.54 Å². The number of nitro groups is 1. The minimum Gasteiger partial charge on any atom is -0.382 e. The summed E-state index contributed by atoms with van der Waals surface area (Å²) in [6.07, 6.45) is 0. The molecular formula is C14H15N3O3S. The minimum absolute atomic E-state index is 0.104. The van der Waals surface area contributed by atoms with Crippen LogP contribution >= 0.6 is 11.3 Å². The Labute approximate surface area is 126 Å². The van der Waals surface area contributed by atoms with Crippen molar-refractivity contribution in [3.63, 3.8) is 0 Å². The molecule has 0 spiro atoms. The fourth-order valence-electron chi connectivity index (χ4n) is 2.07. The van der Waals surface area contributed by atoms with Gasteiger partial charge < -0.3 is 10.2 Å². The number of anilines is 1. The highest BCUT2D eigenvalue weighted by Gasteiger charge is 2.22. The molecule has 0 atom stereocenters. The maximum Gasteiger partial charge on any atom is 0.293 e. The number of hydrogen-bond acceptors (Lipinski definition) is 5. The van der Waals surface area contributed by atoms with Gasteiger partial charge in [-0.3, -0.25) is 14.9 Å². The first-order chi connectivity index (χ1) is 10.0. The van der Waals surface area contributed by atoms with Crippen LogP contribution in [0.25, 0.3) is 0 Å². The molecule has 110 valence electrons. The summed E-state index contributed by atoms with van der Waals surface area (Å²) in [4.78, 5) is 24.6. The molecule has 0 aliphatic heterocycles. The zero-order chi connectivity index (χ0) is 15.4. The van der Waals surface area contributed by atoms with Crippen molar-refractivity contribution >= 4 is 28.6 Å². The van der Waals surface area contributed by atoms with E-state index < -0.39 is 4.92 Å². The second kappa shape index (κ2) is 6.36. The van der Waals surface area contributed by atoms with E-state index in [0.29, 0.717) is 12.1 Å². The average Bonchev–Trinajstić information content (AvgIpc) is 2.98. The average molecular weight is 305 g/mol. The summed E-state index contributed by atoms with van der Waals surface area (Å²) in [5.74, 6) is -0.255. The number of carbonyl (C=O) groups is 1. The zero-order valence-corrected chi connectivity index (χ0v) is 12.5. The Bertz CT molecular complexity index is 655. The third kappa shape index (κ3) is 3.19. The first-order valence-corrected chi connectivity index (χ1v) is 7.20. The van der Waals surface area contributed by atoms with E-state index in [2.05, 4.69) is 5.32 Å². The van der Waals surface area contributed by atoms with Gasteiger partial charge in [0.1, 0.15) is 5.69 Å². The lowest BCUT2D eigenvalue weighted by molar-refractivity contribution is -0.384. The molecule has 0 saturated heterocycles. The fourth-order valence-corrected chi connectivity index (χ4v) is 2.73. The number of thiophene rings is 1. The number of carbonyl (C=O) groups excluding carboxylic acids is 1. The van der Waals surface area contributed by atoms with Gasteiger partial charge >= 0.3 is 0 Å². The molecule has 2 aromatic rings. The van der Waals surface area contributed by atoms with Crippen LogP contribution in [0.4, 0.5) is 11.4 Å². The van der Waals surface area contributed by atoms with Crippen LogP contribution in [0, 0.1) is 10.1 Å². The van der Waals surface area contributed by atoms with E-state index in [4.69, 9.17) is 0 Å². The first-order valence-electron chi connectivity index (χ1n) is 6.26. The fraction of sp³-hybridized carbons (Fsp3) is 0.214. The van der Waals surface area contributed by atoms with Crippen LogP contribution < -0.4 is 5.32 Å². The van der Waals surface area contributed by atoms with Gasteiger partial charge in [0.15, 0.2) is 0 Å². The number of nitro benzene ring substituents is 1. The third-order valence-corrected chi connectivity index (χ3v) is 3.80. The van der Waals surface area contributed by atoms with Crippen molar-refractivity contribution in [2.24, 2.45) is 0 Å². The van der Waals surface area contributed by atoms with Gasteiger partial charge in [0.05, 0.1) is 10.5 Å². The molecule has 7 heteroatoms. The number of nitrogens with one attached hydrogen (secondary N) is 1. The van der Waals surface area contributed by atoms with E-state index in [0.717, 1.165) is 5.56 Å². The normalized spacial score (nSPS) is 10.2. The molecular weight excluding hydrogens is 290 g/mol. The molecule has 0 fully saturated rings. The van der Waals surface area contributed by atoms with Gasteiger partial charge in [-0.1, -0.05) is 6.07 Å². The molecule has 21 heavy (non-hydrogen) atoms. The highest BCUT2D eigenvalue weighted by atomic mass is 32.1. The minimum atomic E-state index is -0.499. The summed E-state index contributed by atoms with van der Waals surface area (Å²) in [6, 6.07) is 6.43. The van der Waals surface area contributed by atoms with Crippen molar-refractivity contribution in [2.75, 3.05) is 19.4 Å². The number of para-hydroxylation sites is 1. The number of nitrogens with zero attached hydrogens (tertiary/aromatic N) is 2. The quantitative estimate of drug-likeness (QED) is 0.680. The lowest BCUT2D eigenvalue weighted by Gasteiger charge is -2.18. The summed E-state index contributed by atoms with van der Waals surface area (Å²) in [5, 5.41) is 17.7. The van der Waals surface area contributed by atoms with Crippen molar-refractivity contribution in [3.05, 3.63) is 56.3 Å². The van der Waals surface area contributed by atoms with Crippen LogP contribution in [-0.2, 0) is 6.54 Å². The number of benzene rings is 1. The zero-order valence-electron chi connectivity index (χ0n) is 11.7. The maximum atomic E-state index is 12.5. The molecule has 0 radical (unpaired) electrons. The number of rotatable bonds is 5. The molecule has 6 nitrogen and oxygen atoms in total. The lowest BCUT2D eigenvalue weighted by Crippen LogP contribution is -2.26. The second-order valence-electron chi connectivity index (χ2n) is 4.50. The Morgan fingerprint density at radius 3 is 2.76 bits per heavy atom. The molecule has 2 rings (SSSR count). The van der Waals surface area contributed by atoms with Crippen LogP contribution in [0.1, 0.15) is 15.9 Å². The van der Waals surface area contributed by atoms with E-state index in [1.165, 1.54) is 12.1 Å². The van der Waals surface area contributed by atoms with Crippen LogP contribution in [0.5, 0.6) is 0 Å². The summed E-state index contributed by atoms with van der Waals surface area (Å²) >= 11 is 1.56. The van der Waals surface area contributed by atoms with E-state index in [9.17, 15) is 14.9 Å². The molecule has 1 amide bonds. The Hall–Kier alpha value is -2.41. The molecule has 0 aliphatic rings. The number of amides is 1. The molecule has 0 unspecified atom stereocenters. The Kier molecular flexibility index (Phi) is 4.54. The summed E-state index contributed by atoms with van der Waals surface area (Å²) in [7, 11) is 3.25. The van der Waals surface area contributed by atoms with Crippen molar-refractivity contribution in [1.82, 2.24) is 4.90 Å². The SMILES string of the molecule is CNc1c(C(=O)N(C)Cc2ccsc2)cccc1[N+](=O)[O-]. The standard InChI is InChI=1S/C14H15N3O3S/c1-15-13-11(4-3-5-12(13)17(19)20)14(18)16(2)8-10-6-7-21-9-10/h3-7,9,15H,8H2,1-2H3. The third-order valence-electron chi connectivity index (χ3n) is 3.07. The van der Waals surface area contributed by atoms with Gasteiger partial charge in [0.25, 0.3) is 11.6 Å². The summed E-state index contributed by atoms with van der Waals surface area (Å²) in [6.45, 7) is 0.466. The summed E-state index contributed by atoms with van der Waals surface area (Å²) < 4.78 is 0. The Balaban J connectivity index is 2.30. The molecule has 1 heterocycles. The second-order valence-corrected chi connectivity index (χ2v) is 5.28. The van der Waals surface area contributed by atoms with Crippen LogP contribution in [0.2, 0.25) is 0 Å². The highest BCUT2D eigenvalue weighted by Crippen LogP contribution is 2.28. The Morgan fingerprint density at radius 2 is 2.19 bits per heavy atom. The summed E-state index contributed by atoms with van der Waals surface area (Å²) in [5.41, 5.74) is 1.47. The van der Waals surface area contributed by atoms with Gasteiger partial charge in [-0.25, -0.2) is 0 Å². The van der Waals surface area contributed by atoms with E-state index in [1.807, 2.05) is 16.8 Å². The molecule has 1 aromatic carbocycles. The van der Waals surface area contributed by atoms with Gasteiger partial charge in [0, 0.05) is 26.7 Å². The van der Waals surface area contributed by atoms with E-state index in [1.54, 1.807) is 36.4 Å². The molecule has 1 N–H and O–H groups in total. The molecule has 0 bridgehead atoms.